The summed E-state index contributed by atoms with van der Waals surface area (Å²) in [6.45, 7) is 3.73. The highest BCUT2D eigenvalue weighted by Gasteiger charge is 2.44. The van der Waals surface area contributed by atoms with Crippen molar-refractivity contribution in [3.63, 3.8) is 0 Å². The van der Waals surface area contributed by atoms with E-state index < -0.39 is 49.5 Å². The molecule has 7 unspecified atom stereocenters. The molecule has 0 aromatic carbocycles. The predicted molar refractivity (Wildman–Crippen MR) is 313 cm³/mol. The van der Waals surface area contributed by atoms with Crippen molar-refractivity contribution in [3.05, 3.63) is 36.5 Å². The first-order chi connectivity index (χ1) is 36.3. The summed E-state index contributed by atoms with van der Waals surface area (Å²) in [4.78, 5) is 13.0. The SMILES string of the molecule is CCCC/C=C/CC/C=C/CC/C=C/C(O)C(COC1OC(CO)C(O)C(O)C1O)NC(=O)CCCCCCCCCCCCCCCCCCCCCCCCCCCCCCCCCCCCCCCCC. The van der Waals surface area contributed by atoms with Crippen molar-refractivity contribution in [2.24, 2.45) is 0 Å². The highest BCUT2D eigenvalue weighted by molar-refractivity contribution is 5.76. The molecule has 1 aliphatic rings. The average molecular weight is 1050 g/mol. The number of aliphatic hydroxyl groups is 5. The number of hydrogen-bond acceptors (Lipinski definition) is 8. The number of carbonyl (C=O) groups excluding carboxylic acids is 1. The molecule has 1 rings (SSSR count). The monoisotopic (exact) mass is 1050 g/mol. The number of carbonyl (C=O) groups is 1. The van der Waals surface area contributed by atoms with E-state index in [0.29, 0.717) is 6.42 Å². The zero-order chi connectivity index (χ0) is 53.6. The summed E-state index contributed by atoms with van der Waals surface area (Å²) >= 11 is 0. The van der Waals surface area contributed by atoms with E-state index in [9.17, 15) is 30.3 Å². The number of amides is 1. The minimum absolute atomic E-state index is 0.187. The lowest BCUT2D eigenvalue weighted by atomic mass is 9.99. The van der Waals surface area contributed by atoms with Crippen molar-refractivity contribution in [3.8, 4) is 0 Å². The van der Waals surface area contributed by atoms with Crippen molar-refractivity contribution in [1.29, 1.82) is 0 Å². The normalized spacial score (nSPS) is 19.1. The number of ether oxygens (including phenoxy) is 2. The molecule has 0 saturated carbocycles. The van der Waals surface area contributed by atoms with Gasteiger partial charge in [0, 0.05) is 6.42 Å². The van der Waals surface area contributed by atoms with Crippen LogP contribution in [0.4, 0.5) is 0 Å². The second-order valence-electron chi connectivity index (χ2n) is 22.5. The molecule has 6 N–H and O–H groups in total. The summed E-state index contributed by atoms with van der Waals surface area (Å²) in [5.41, 5.74) is 0. The Morgan fingerprint density at radius 2 is 0.770 bits per heavy atom. The minimum atomic E-state index is -1.57. The molecule has 0 spiro atoms. The number of aliphatic hydroxyl groups excluding tert-OH is 5. The van der Waals surface area contributed by atoms with Crippen molar-refractivity contribution >= 4 is 5.91 Å². The van der Waals surface area contributed by atoms with Gasteiger partial charge in [0.15, 0.2) is 6.29 Å². The van der Waals surface area contributed by atoms with Gasteiger partial charge in [-0.1, -0.05) is 307 Å². The van der Waals surface area contributed by atoms with Crippen molar-refractivity contribution in [1.82, 2.24) is 5.32 Å². The number of hydrogen-bond donors (Lipinski definition) is 6. The van der Waals surface area contributed by atoms with Gasteiger partial charge in [0.25, 0.3) is 0 Å². The van der Waals surface area contributed by atoms with E-state index in [-0.39, 0.29) is 12.5 Å². The quantitative estimate of drug-likeness (QED) is 0.0261. The Morgan fingerprint density at radius 3 is 1.12 bits per heavy atom. The molecule has 436 valence electrons. The Morgan fingerprint density at radius 1 is 0.446 bits per heavy atom. The summed E-state index contributed by atoms with van der Waals surface area (Å²) in [5.74, 6) is -0.187. The number of allylic oxidation sites excluding steroid dienone is 5. The Hall–Kier alpha value is -1.59. The van der Waals surface area contributed by atoms with Gasteiger partial charge < -0.3 is 40.3 Å². The first-order valence-corrected chi connectivity index (χ1v) is 32.2. The van der Waals surface area contributed by atoms with Crippen LogP contribution in [0.3, 0.4) is 0 Å². The van der Waals surface area contributed by atoms with Crippen LogP contribution in [-0.2, 0) is 14.3 Å². The fraction of sp³-hybridized carbons (Fsp3) is 0.892. The lowest BCUT2D eigenvalue weighted by molar-refractivity contribution is -0.302. The standard InChI is InChI=1S/C65H123NO8/c1-3-5-7-9-11-13-15-17-18-19-20-21-22-23-24-25-26-27-28-29-30-31-32-33-34-35-36-37-38-39-40-41-42-43-45-47-49-51-53-55-61(69)66-58(57-73-65-64(72)63(71)62(70)60(56-67)74-65)59(68)54-52-50-48-46-44-16-14-12-10-8-6-4-2/h10,12,44,46,52,54,58-60,62-65,67-68,70-72H,3-9,11,13-43,45,47-51,53,55-57H2,1-2H3,(H,66,69)/b12-10+,46-44+,54-52+. The molecule has 0 radical (unpaired) electrons. The molecule has 1 saturated heterocycles. The van der Waals surface area contributed by atoms with E-state index >= 15 is 0 Å². The molecule has 0 aromatic heterocycles. The van der Waals surface area contributed by atoms with Crippen molar-refractivity contribution in [2.75, 3.05) is 13.2 Å². The van der Waals surface area contributed by atoms with E-state index in [1.54, 1.807) is 6.08 Å². The summed E-state index contributed by atoms with van der Waals surface area (Å²) in [7, 11) is 0. The van der Waals surface area contributed by atoms with E-state index in [4.69, 9.17) is 9.47 Å². The summed E-state index contributed by atoms with van der Waals surface area (Å²) < 4.78 is 11.2. The van der Waals surface area contributed by atoms with E-state index in [1.165, 1.54) is 244 Å². The number of nitrogens with one attached hydrogen (secondary N) is 1. The molecule has 7 atom stereocenters. The van der Waals surface area contributed by atoms with Gasteiger partial charge in [-0.2, -0.15) is 0 Å². The predicted octanol–water partition coefficient (Wildman–Crippen LogP) is 16.7. The van der Waals surface area contributed by atoms with Gasteiger partial charge in [-0.25, -0.2) is 0 Å². The van der Waals surface area contributed by atoms with E-state index in [1.807, 2.05) is 6.08 Å². The number of unbranched alkanes of at least 4 members (excludes halogenated alkanes) is 42. The maximum Gasteiger partial charge on any atom is 0.220 e. The fourth-order valence-electron chi connectivity index (χ4n) is 10.4. The fourth-order valence-corrected chi connectivity index (χ4v) is 10.4. The third-order valence-corrected chi connectivity index (χ3v) is 15.4. The van der Waals surface area contributed by atoms with Crippen LogP contribution in [0.2, 0.25) is 0 Å². The van der Waals surface area contributed by atoms with Gasteiger partial charge in [-0.15, -0.1) is 0 Å². The second kappa shape index (κ2) is 54.8. The van der Waals surface area contributed by atoms with Crippen molar-refractivity contribution in [2.45, 2.75) is 358 Å². The molecule has 9 heteroatoms. The van der Waals surface area contributed by atoms with Crippen LogP contribution in [0.25, 0.3) is 0 Å². The van der Waals surface area contributed by atoms with Crippen molar-refractivity contribution < 1.29 is 39.8 Å². The smallest absolute Gasteiger partial charge is 0.220 e. The molecule has 1 heterocycles. The van der Waals surface area contributed by atoms with Crippen LogP contribution < -0.4 is 5.32 Å². The Bertz CT molecular complexity index is 1260. The van der Waals surface area contributed by atoms with Gasteiger partial charge in [-0.3, -0.25) is 4.79 Å². The van der Waals surface area contributed by atoms with Crippen LogP contribution in [-0.4, -0.2) is 87.5 Å². The average Bonchev–Trinajstić information content (AvgIpc) is 3.40. The topological polar surface area (TPSA) is 149 Å². The molecule has 0 aromatic rings. The lowest BCUT2D eigenvalue weighted by Crippen LogP contribution is -2.60. The maximum absolute atomic E-state index is 13.0. The highest BCUT2D eigenvalue weighted by atomic mass is 16.7. The van der Waals surface area contributed by atoms with Crippen LogP contribution in [0.15, 0.2) is 36.5 Å². The summed E-state index contributed by atoms with van der Waals surface area (Å²) in [6, 6.07) is -0.825. The van der Waals surface area contributed by atoms with Gasteiger partial charge >= 0.3 is 0 Å². The molecule has 1 amide bonds. The Kier molecular flexibility index (Phi) is 52.1. The highest BCUT2D eigenvalue weighted by Crippen LogP contribution is 2.23. The summed E-state index contributed by atoms with van der Waals surface area (Å²) in [6.07, 6.45) is 65.7. The zero-order valence-electron chi connectivity index (χ0n) is 48.6. The Balaban J connectivity index is 2.01. The van der Waals surface area contributed by atoms with Gasteiger partial charge in [0.1, 0.15) is 24.4 Å². The molecule has 9 nitrogen and oxygen atoms in total. The third kappa shape index (κ3) is 43.4. The molecular formula is C65H123NO8. The molecule has 1 fully saturated rings. The molecule has 0 aliphatic carbocycles. The van der Waals surface area contributed by atoms with Crippen LogP contribution in [0, 0.1) is 0 Å². The minimum Gasteiger partial charge on any atom is -0.394 e. The number of rotatable bonds is 56. The Labute approximate surface area is 457 Å². The van der Waals surface area contributed by atoms with E-state index in [2.05, 4.69) is 43.5 Å². The van der Waals surface area contributed by atoms with Gasteiger partial charge in [0.2, 0.25) is 5.91 Å². The molecular weight excluding hydrogens is 923 g/mol. The zero-order valence-corrected chi connectivity index (χ0v) is 48.6. The second-order valence-corrected chi connectivity index (χ2v) is 22.5. The largest absolute Gasteiger partial charge is 0.394 e. The molecule has 1 aliphatic heterocycles. The van der Waals surface area contributed by atoms with Gasteiger partial charge in [-0.05, 0) is 38.5 Å². The van der Waals surface area contributed by atoms with Gasteiger partial charge in [0.05, 0.1) is 25.4 Å². The van der Waals surface area contributed by atoms with Crippen LogP contribution >= 0.6 is 0 Å². The summed E-state index contributed by atoms with van der Waals surface area (Å²) in [5, 5.41) is 54.3. The lowest BCUT2D eigenvalue weighted by Gasteiger charge is -2.40. The molecule has 0 bridgehead atoms. The van der Waals surface area contributed by atoms with Crippen LogP contribution in [0.5, 0.6) is 0 Å². The molecule has 74 heavy (non-hydrogen) atoms. The first kappa shape index (κ1) is 70.4. The van der Waals surface area contributed by atoms with Crippen LogP contribution in [0.1, 0.15) is 316 Å². The first-order valence-electron chi connectivity index (χ1n) is 32.2. The maximum atomic E-state index is 13.0. The third-order valence-electron chi connectivity index (χ3n) is 15.4. The van der Waals surface area contributed by atoms with E-state index in [0.717, 1.165) is 51.4 Å².